The summed E-state index contributed by atoms with van der Waals surface area (Å²) in [6, 6.07) is 4.50. The molecule has 4 aromatic heterocycles. The number of fused-ring (bicyclic) bond motifs is 2. The Hall–Kier alpha value is -2.18. The van der Waals surface area contributed by atoms with Crippen molar-refractivity contribution in [3.63, 3.8) is 0 Å². The number of aromatic nitrogens is 4. The fraction of sp³-hybridized carbons (Fsp3) is 0.368. The lowest BCUT2D eigenvalue weighted by Crippen LogP contribution is -2.26. The van der Waals surface area contributed by atoms with Gasteiger partial charge in [0.05, 0.1) is 11.4 Å². The summed E-state index contributed by atoms with van der Waals surface area (Å²) in [5, 5.41) is 9.53. The monoisotopic (exact) mass is 351 g/mol. The smallest absolute Gasteiger partial charge is 0.146 e. The molecular weight excluding hydrogens is 330 g/mol. The fourth-order valence-corrected chi connectivity index (χ4v) is 4.95. The second-order valence-corrected chi connectivity index (χ2v) is 8.06. The van der Waals surface area contributed by atoms with Gasteiger partial charge in [-0.25, -0.2) is 9.67 Å². The Morgan fingerprint density at radius 3 is 2.76 bits per heavy atom. The molecule has 0 spiro atoms. The van der Waals surface area contributed by atoms with Crippen molar-refractivity contribution in [3.8, 4) is 5.69 Å². The summed E-state index contributed by atoms with van der Waals surface area (Å²) in [4.78, 5) is 7.20. The SMILES string of the molecule is Cc1cn2cc(-n3cc4cc(C5CCNCC5)sc4n3)cc(C)c2n1. The number of aryl methyl sites for hydroxylation is 2. The van der Waals surface area contributed by atoms with E-state index in [1.54, 1.807) is 0 Å². The van der Waals surface area contributed by atoms with Gasteiger partial charge in [0.1, 0.15) is 10.5 Å². The predicted octanol–water partition coefficient (Wildman–Crippen LogP) is 3.82. The lowest BCUT2D eigenvalue weighted by atomic mass is 9.96. The Labute approximate surface area is 150 Å². The van der Waals surface area contributed by atoms with Crippen molar-refractivity contribution < 1.29 is 0 Å². The largest absolute Gasteiger partial charge is 0.317 e. The quantitative estimate of drug-likeness (QED) is 0.597. The highest BCUT2D eigenvalue weighted by Crippen LogP contribution is 2.35. The molecule has 0 radical (unpaired) electrons. The van der Waals surface area contributed by atoms with Gasteiger partial charge in [-0.05, 0) is 63.4 Å². The second-order valence-electron chi connectivity index (χ2n) is 7.00. The predicted molar refractivity (Wildman–Crippen MR) is 102 cm³/mol. The average Bonchev–Trinajstić information content (AvgIpc) is 3.27. The van der Waals surface area contributed by atoms with Crippen molar-refractivity contribution in [1.82, 2.24) is 24.5 Å². The normalized spacial score (nSPS) is 16.2. The lowest BCUT2D eigenvalue weighted by molar-refractivity contribution is 0.465. The first-order valence-corrected chi connectivity index (χ1v) is 9.65. The molecule has 0 saturated carbocycles. The molecular formula is C19H21N5S. The third-order valence-corrected chi connectivity index (χ3v) is 6.26. The number of nitrogens with one attached hydrogen (secondary N) is 1. The van der Waals surface area contributed by atoms with Gasteiger partial charge in [-0.2, -0.15) is 5.10 Å². The number of pyridine rings is 1. The van der Waals surface area contributed by atoms with Crippen LogP contribution in [0.2, 0.25) is 0 Å². The molecule has 6 heteroatoms. The first-order valence-electron chi connectivity index (χ1n) is 8.83. The second kappa shape index (κ2) is 5.68. The van der Waals surface area contributed by atoms with Crippen molar-refractivity contribution >= 4 is 27.2 Å². The summed E-state index contributed by atoms with van der Waals surface area (Å²) in [5.41, 5.74) is 4.30. The zero-order valence-corrected chi connectivity index (χ0v) is 15.3. The van der Waals surface area contributed by atoms with Crippen molar-refractivity contribution in [2.24, 2.45) is 0 Å². The first-order chi connectivity index (χ1) is 12.2. The number of rotatable bonds is 2. The lowest BCUT2D eigenvalue weighted by Gasteiger charge is -2.21. The van der Waals surface area contributed by atoms with E-state index in [9.17, 15) is 0 Å². The van der Waals surface area contributed by atoms with Crippen LogP contribution in [-0.4, -0.2) is 32.3 Å². The molecule has 1 saturated heterocycles. The van der Waals surface area contributed by atoms with Crippen LogP contribution in [0.4, 0.5) is 0 Å². The number of nitrogens with zero attached hydrogens (tertiary/aromatic N) is 4. The maximum absolute atomic E-state index is 4.84. The molecule has 0 bridgehead atoms. The molecule has 0 atom stereocenters. The highest BCUT2D eigenvalue weighted by Gasteiger charge is 2.19. The van der Waals surface area contributed by atoms with Crippen molar-refractivity contribution in [1.29, 1.82) is 0 Å². The molecule has 128 valence electrons. The molecule has 5 rings (SSSR count). The van der Waals surface area contributed by atoms with Crippen LogP contribution in [-0.2, 0) is 0 Å². The molecule has 4 aromatic rings. The average molecular weight is 351 g/mol. The van der Waals surface area contributed by atoms with Gasteiger partial charge in [-0.3, -0.25) is 0 Å². The molecule has 5 nitrogen and oxygen atoms in total. The van der Waals surface area contributed by atoms with Crippen LogP contribution in [0, 0.1) is 13.8 Å². The Balaban J connectivity index is 1.53. The van der Waals surface area contributed by atoms with E-state index >= 15 is 0 Å². The van der Waals surface area contributed by atoms with E-state index in [4.69, 9.17) is 5.10 Å². The third kappa shape index (κ3) is 2.56. The highest BCUT2D eigenvalue weighted by molar-refractivity contribution is 7.18. The Morgan fingerprint density at radius 2 is 1.96 bits per heavy atom. The standard InChI is InChI=1S/C19H21N5S/c1-12-7-16(11-23-9-13(2)21-18(12)23)24-10-15-8-17(25-19(15)22-24)14-3-5-20-6-4-14/h7-11,14,20H,3-6H2,1-2H3. The number of piperidine rings is 1. The van der Waals surface area contributed by atoms with Gasteiger partial charge in [-0.1, -0.05) is 0 Å². The molecule has 0 aliphatic carbocycles. The van der Waals surface area contributed by atoms with Crippen molar-refractivity contribution in [2.75, 3.05) is 13.1 Å². The topological polar surface area (TPSA) is 47.1 Å². The highest BCUT2D eigenvalue weighted by atomic mass is 32.1. The molecule has 0 unspecified atom stereocenters. The summed E-state index contributed by atoms with van der Waals surface area (Å²) in [6.07, 6.45) is 8.79. The minimum atomic E-state index is 0.696. The summed E-state index contributed by atoms with van der Waals surface area (Å²) in [6.45, 7) is 6.39. The van der Waals surface area contributed by atoms with Gasteiger partial charge >= 0.3 is 0 Å². The van der Waals surface area contributed by atoms with E-state index in [0.29, 0.717) is 5.92 Å². The van der Waals surface area contributed by atoms with Gasteiger partial charge in [0.15, 0.2) is 0 Å². The molecule has 1 N–H and O–H groups in total. The van der Waals surface area contributed by atoms with Crippen LogP contribution < -0.4 is 5.32 Å². The van der Waals surface area contributed by atoms with Crippen LogP contribution in [0.25, 0.3) is 21.6 Å². The maximum atomic E-state index is 4.84. The molecule has 1 aliphatic heterocycles. The van der Waals surface area contributed by atoms with E-state index in [-0.39, 0.29) is 0 Å². The fourth-order valence-electron chi connectivity index (χ4n) is 3.78. The van der Waals surface area contributed by atoms with Gasteiger partial charge in [0.2, 0.25) is 0 Å². The molecule has 1 aliphatic rings. The molecule has 25 heavy (non-hydrogen) atoms. The Kier molecular flexibility index (Phi) is 3.43. The zero-order valence-electron chi connectivity index (χ0n) is 14.5. The van der Waals surface area contributed by atoms with Crippen LogP contribution >= 0.6 is 11.3 Å². The number of hydrogen-bond acceptors (Lipinski definition) is 4. The molecule has 0 aromatic carbocycles. The van der Waals surface area contributed by atoms with Gasteiger partial charge < -0.3 is 9.72 Å². The maximum Gasteiger partial charge on any atom is 0.146 e. The van der Waals surface area contributed by atoms with E-state index in [1.165, 1.54) is 28.7 Å². The van der Waals surface area contributed by atoms with Crippen molar-refractivity contribution in [3.05, 3.63) is 46.9 Å². The molecule has 0 amide bonds. The third-order valence-electron chi connectivity index (χ3n) is 5.07. The van der Waals surface area contributed by atoms with Crippen molar-refractivity contribution in [2.45, 2.75) is 32.6 Å². The molecule has 1 fully saturated rings. The summed E-state index contributed by atoms with van der Waals surface area (Å²) < 4.78 is 4.09. The Bertz CT molecular complexity index is 1030. The summed E-state index contributed by atoms with van der Waals surface area (Å²) in [7, 11) is 0. The van der Waals surface area contributed by atoms with Crippen LogP contribution in [0.15, 0.2) is 30.7 Å². The van der Waals surface area contributed by atoms with Crippen LogP contribution in [0.5, 0.6) is 0 Å². The van der Waals surface area contributed by atoms with E-state index in [1.807, 2.05) is 22.9 Å². The minimum absolute atomic E-state index is 0.696. The van der Waals surface area contributed by atoms with E-state index in [2.05, 4.69) is 52.3 Å². The van der Waals surface area contributed by atoms with Gasteiger partial charge in [-0.15, -0.1) is 11.3 Å². The van der Waals surface area contributed by atoms with E-state index < -0.39 is 0 Å². The van der Waals surface area contributed by atoms with Gasteiger partial charge in [0.25, 0.3) is 0 Å². The van der Waals surface area contributed by atoms with Gasteiger partial charge in [0, 0.05) is 28.9 Å². The number of imidazole rings is 1. The van der Waals surface area contributed by atoms with E-state index in [0.717, 1.165) is 34.9 Å². The van der Waals surface area contributed by atoms with Crippen LogP contribution in [0.1, 0.15) is 34.9 Å². The zero-order chi connectivity index (χ0) is 17.0. The van der Waals surface area contributed by atoms with Crippen LogP contribution in [0.3, 0.4) is 0 Å². The summed E-state index contributed by atoms with van der Waals surface area (Å²) >= 11 is 1.85. The number of hydrogen-bond donors (Lipinski definition) is 1. The Morgan fingerprint density at radius 1 is 1.12 bits per heavy atom. The molecule has 5 heterocycles. The minimum Gasteiger partial charge on any atom is -0.317 e. The summed E-state index contributed by atoms with van der Waals surface area (Å²) in [5.74, 6) is 0.696. The number of thiophene rings is 1. The first kappa shape index (κ1) is 15.1.